The van der Waals surface area contributed by atoms with Gasteiger partial charge in [-0.25, -0.2) is 0 Å². The van der Waals surface area contributed by atoms with Gasteiger partial charge in [-0.1, -0.05) is 13.3 Å². The van der Waals surface area contributed by atoms with Crippen molar-refractivity contribution >= 4 is 5.97 Å². The van der Waals surface area contributed by atoms with Gasteiger partial charge in [0.05, 0.1) is 12.6 Å². The van der Waals surface area contributed by atoms with E-state index in [-0.39, 0.29) is 6.54 Å². The molecule has 0 amide bonds. The third kappa shape index (κ3) is 2.89. The number of nitrogens with one attached hydrogen (secondary N) is 1. The van der Waals surface area contributed by atoms with Crippen molar-refractivity contribution in [1.82, 2.24) is 5.32 Å². The first-order valence-electron chi connectivity index (χ1n) is 3.92. The Balaban J connectivity index is 4.20. The predicted molar refractivity (Wildman–Crippen MR) is 44.6 cm³/mol. The van der Waals surface area contributed by atoms with Gasteiger partial charge in [0, 0.05) is 0 Å². The molecule has 0 rings (SSSR count). The molecule has 2 N–H and O–H groups in total. The molecule has 0 heterocycles. The van der Waals surface area contributed by atoms with Crippen molar-refractivity contribution in [1.29, 1.82) is 5.26 Å². The van der Waals surface area contributed by atoms with E-state index in [9.17, 15) is 4.79 Å². The first kappa shape index (κ1) is 10.9. The Morgan fingerprint density at radius 2 is 2.33 bits per heavy atom. The number of nitrogens with zero attached hydrogens (tertiary/aromatic N) is 1. The van der Waals surface area contributed by atoms with E-state index in [1.54, 1.807) is 6.92 Å². The Labute approximate surface area is 72.2 Å². The highest BCUT2D eigenvalue weighted by Gasteiger charge is 2.30. The second-order valence-corrected chi connectivity index (χ2v) is 2.90. The zero-order valence-corrected chi connectivity index (χ0v) is 7.42. The highest BCUT2D eigenvalue weighted by Crippen LogP contribution is 2.11. The first-order chi connectivity index (χ1) is 5.56. The lowest BCUT2D eigenvalue weighted by Gasteiger charge is -2.24. The van der Waals surface area contributed by atoms with Crippen LogP contribution in [0.25, 0.3) is 0 Å². The summed E-state index contributed by atoms with van der Waals surface area (Å²) < 4.78 is 0. The summed E-state index contributed by atoms with van der Waals surface area (Å²) in [6.07, 6.45) is 1.31. The molecule has 0 fully saturated rings. The smallest absolute Gasteiger partial charge is 0.323 e. The number of hydrogen-bond acceptors (Lipinski definition) is 3. The number of nitriles is 1. The maximum atomic E-state index is 10.7. The summed E-state index contributed by atoms with van der Waals surface area (Å²) in [4.78, 5) is 10.7. The lowest BCUT2D eigenvalue weighted by Crippen LogP contribution is -2.49. The van der Waals surface area contributed by atoms with E-state index in [1.807, 2.05) is 13.0 Å². The number of carboxylic acids is 1. The summed E-state index contributed by atoms with van der Waals surface area (Å²) >= 11 is 0. The quantitative estimate of drug-likeness (QED) is 0.597. The highest BCUT2D eigenvalue weighted by atomic mass is 16.4. The average molecular weight is 170 g/mol. The zero-order chi connectivity index (χ0) is 9.61. The molecule has 1 unspecified atom stereocenters. The average Bonchev–Trinajstić information content (AvgIpc) is 2.01. The van der Waals surface area contributed by atoms with E-state index >= 15 is 0 Å². The molecule has 4 heteroatoms. The summed E-state index contributed by atoms with van der Waals surface area (Å²) in [6, 6.07) is 1.86. The fourth-order valence-corrected chi connectivity index (χ4v) is 1.01. The van der Waals surface area contributed by atoms with Gasteiger partial charge < -0.3 is 5.11 Å². The van der Waals surface area contributed by atoms with E-state index in [2.05, 4.69) is 5.32 Å². The van der Waals surface area contributed by atoms with E-state index < -0.39 is 11.5 Å². The predicted octanol–water partition coefficient (Wildman–Crippen LogP) is 0.743. The van der Waals surface area contributed by atoms with Crippen LogP contribution in [0, 0.1) is 11.3 Å². The maximum Gasteiger partial charge on any atom is 0.323 e. The fourth-order valence-electron chi connectivity index (χ4n) is 1.01. The molecular weight excluding hydrogens is 156 g/mol. The van der Waals surface area contributed by atoms with E-state index in [4.69, 9.17) is 10.4 Å². The van der Waals surface area contributed by atoms with Crippen LogP contribution in [-0.2, 0) is 4.79 Å². The van der Waals surface area contributed by atoms with Crippen molar-refractivity contribution in [3.63, 3.8) is 0 Å². The van der Waals surface area contributed by atoms with Crippen LogP contribution in [0.2, 0.25) is 0 Å². The second-order valence-electron chi connectivity index (χ2n) is 2.90. The molecule has 0 spiro atoms. The van der Waals surface area contributed by atoms with Crippen LogP contribution in [0.1, 0.15) is 26.7 Å². The number of hydrogen-bond donors (Lipinski definition) is 2. The van der Waals surface area contributed by atoms with Gasteiger partial charge in [-0.15, -0.1) is 0 Å². The molecule has 68 valence electrons. The molecule has 1 atom stereocenters. The Morgan fingerprint density at radius 3 is 2.67 bits per heavy atom. The summed E-state index contributed by atoms with van der Waals surface area (Å²) in [5.74, 6) is -0.903. The minimum absolute atomic E-state index is 0.0722. The van der Waals surface area contributed by atoms with E-state index in [0.717, 1.165) is 6.42 Å². The SMILES string of the molecule is CCCC(C)(NCC#N)C(=O)O. The van der Waals surface area contributed by atoms with Crippen molar-refractivity contribution in [2.24, 2.45) is 0 Å². The van der Waals surface area contributed by atoms with Gasteiger partial charge in [0.25, 0.3) is 0 Å². The molecule has 0 aliphatic rings. The van der Waals surface area contributed by atoms with Crippen LogP contribution >= 0.6 is 0 Å². The Morgan fingerprint density at radius 1 is 1.75 bits per heavy atom. The van der Waals surface area contributed by atoms with Gasteiger partial charge in [-0.3, -0.25) is 10.1 Å². The number of carbonyl (C=O) groups is 1. The molecule has 0 aromatic heterocycles. The molecule has 0 aliphatic heterocycles. The summed E-state index contributed by atoms with van der Waals surface area (Å²) in [5, 5.41) is 19.8. The molecule has 0 saturated heterocycles. The minimum Gasteiger partial charge on any atom is -0.480 e. The summed E-state index contributed by atoms with van der Waals surface area (Å²) in [6.45, 7) is 3.58. The molecule has 0 radical (unpaired) electrons. The third-order valence-electron chi connectivity index (χ3n) is 1.78. The Bertz CT molecular complexity index is 198. The van der Waals surface area contributed by atoms with Crippen LogP contribution < -0.4 is 5.32 Å². The Kier molecular flexibility index (Phi) is 4.30. The summed E-state index contributed by atoms with van der Waals surface area (Å²) in [7, 11) is 0. The van der Waals surface area contributed by atoms with Crippen molar-refractivity contribution in [2.45, 2.75) is 32.2 Å². The first-order valence-corrected chi connectivity index (χ1v) is 3.92. The molecule has 0 aromatic carbocycles. The standard InChI is InChI=1S/C8H14N2O2/c1-3-4-8(2,7(11)12)10-6-5-9/h10H,3-4,6H2,1-2H3,(H,11,12). The largest absolute Gasteiger partial charge is 0.480 e. The Hall–Kier alpha value is -1.08. The zero-order valence-electron chi connectivity index (χ0n) is 7.42. The molecule has 4 nitrogen and oxygen atoms in total. The molecule has 0 saturated carbocycles. The van der Waals surface area contributed by atoms with Gasteiger partial charge >= 0.3 is 5.97 Å². The third-order valence-corrected chi connectivity index (χ3v) is 1.78. The van der Waals surface area contributed by atoms with E-state index in [1.165, 1.54) is 0 Å². The maximum absolute atomic E-state index is 10.7. The molecular formula is C8H14N2O2. The van der Waals surface area contributed by atoms with Gasteiger partial charge in [0.1, 0.15) is 5.54 Å². The van der Waals surface area contributed by atoms with Gasteiger partial charge in [0.2, 0.25) is 0 Å². The van der Waals surface area contributed by atoms with Crippen molar-refractivity contribution in [2.75, 3.05) is 6.54 Å². The molecule has 12 heavy (non-hydrogen) atoms. The van der Waals surface area contributed by atoms with Gasteiger partial charge in [-0.2, -0.15) is 5.26 Å². The molecule has 0 aliphatic carbocycles. The van der Waals surface area contributed by atoms with Crippen LogP contribution in [0.5, 0.6) is 0 Å². The summed E-state index contributed by atoms with van der Waals surface area (Å²) in [5.41, 5.74) is -0.954. The van der Waals surface area contributed by atoms with Crippen LogP contribution in [0.3, 0.4) is 0 Å². The number of rotatable bonds is 5. The second kappa shape index (κ2) is 4.73. The lowest BCUT2D eigenvalue weighted by atomic mass is 9.96. The topological polar surface area (TPSA) is 73.1 Å². The number of carboxylic acid groups (broad SMARTS) is 1. The molecule has 0 bridgehead atoms. The normalized spacial score (nSPS) is 14.8. The lowest BCUT2D eigenvalue weighted by molar-refractivity contribution is -0.144. The minimum atomic E-state index is -0.954. The monoisotopic (exact) mass is 170 g/mol. The number of aliphatic carboxylic acids is 1. The highest BCUT2D eigenvalue weighted by molar-refractivity contribution is 5.78. The molecule has 0 aromatic rings. The van der Waals surface area contributed by atoms with Crippen LogP contribution in [-0.4, -0.2) is 23.2 Å². The van der Waals surface area contributed by atoms with Crippen LogP contribution in [0.15, 0.2) is 0 Å². The van der Waals surface area contributed by atoms with Gasteiger partial charge in [-0.05, 0) is 13.3 Å². The fraction of sp³-hybridized carbons (Fsp3) is 0.750. The van der Waals surface area contributed by atoms with Crippen molar-refractivity contribution in [3.8, 4) is 6.07 Å². The van der Waals surface area contributed by atoms with Crippen LogP contribution in [0.4, 0.5) is 0 Å². The van der Waals surface area contributed by atoms with Crippen molar-refractivity contribution in [3.05, 3.63) is 0 Å². The van der Waals surface area contributed by atoms with Gasteiger partial charge in [0.15, 0.2) is 0 Å². The van der Waals surface area contributed by atoms with E-state index in [0.29, 0.717) is 6.42 Å². The van der Waals surface area contributed by atoms with Crippen molar-refractivity contribution < 1.29 is 9.90 Å².